The molecular formula is C18H21N3. The van der Waals surface area contributed by atoms with E-state index in [0.29, 0.717) is 6.04 Å². The average Bonchev–Trinajstić information content (AvgIpc) is 2.57. The summed E-state index contributed by atoms with van der Waals surface area (Å²) in [5, 5.41) is 0. The lowest BCUT2D eigenvalue weighted by Gasteiger charge is -2.35. The SMILES string of the molecule is CCC1CC(c2cncnc2)=CCN1Cc1ccccc1. The van der Waals surface area contributed by atoms with Crippen LogP contribution < -0.4 is 0 Å². The minimum atomic E-state index is 0.588. The fourth-order valence-corrected chi connectivity index (χ4v) is 2.96. The molecule has 1 aromatic carbocycles. The number of benzene rings is 1. The number of rotatable bonds is 4. The van der Waals surface area contributed by atoms with Gasteiger partial charge in [-0.15, -0.1) is 0 Å². The quantitative estimate of drug-likeness (QED) is 0.857. The molecule has 1 aromatic heterocycles. The minimum absolute atomic E-state index is 0.588. The largest absolute Gasteiger partial charge is 0.292 e. The molecule has 1 atom stereocenters. The van der Waals surface area contributed by atoms with E-state index >= 15 is 0 Å². The molecule has 3 heteroatoms. The van der Waals surface area contributed by atoms with Crippen LogP contribution >= 0.6 is 0 Å². The van der Waals surface area contributed by atoms with Crippen LogP contribution in [-0.4, -0.2) is 27.5 Å². The van der Waals surface area contributed by atoms with Gasteiger partial charge in [0.2, 0.25) is 0 Å². The molecule has 0 amide bonds. The first-order valence-corrected chi connectivity index (χ1v) is 7.59. The maximum absolute atomic E-state index is 4.13. The van der Waals surface area contributed by atoms with Crippen LogP contribution in [0.4, 0.5) is 0 Å². The Hall–Kier alpha value is -2.00. The van der Waals surface area contributed by atoms with Crippen molar-refractivity contribution in [1.29, 1.82) is 0 Å². The third-order valence-corrected chi connectivity index (χ3v) is 4.18. The molecule has 0 bridgehead atoms. The van der Waals surface area contributed by atoms with Gasteiger partial charge in [0.05, 0.1) is 0 Å². The Morgan fingerprint density at radius 2 is 1.90 bits per heavy atom. The molecule has 1 aliphatic heterocycles. The van der Waals surface area contributed by atoms with Gasteiger partial charge in [-0.1, -0.05) is 43.3 Å². The van der Waals surface area contributed by atoms with E-state index < -0.39 is 0 Å². The number of hydrogen-bond acceptors (Lipinski definition) is 3. The highest BCUT2D eigenvalue weighted by Crippen LogP contribution is 2.28. The normalized spacial score (nSPS) is 19.3. The van der Waals surface area contributed by atoms with E-state index in [2.05, 4.69) is 58.2 Å². The zero-order valence-corrected chi connectivity index (χ0v) is 12.4. The molecule has 1 unspecified atom stereocenters. The fourth-order valence-electron chi connectivity index (χ4n) is 2.96. The Kier molecular flexibility index (Phi) is 4.41. The van der Waals surface area contributed by atoms with Gasteiger partial charge in [-0.25, -0.2) is 9.97 Å². The predicted octanol–water partition coefficient (Wildman–Crippen LogP) is 3.54. The summed E-state index contributed by atoms with van der Waals surface area (Å²) in [5.74, 6) is 0. The summed E-state index contributed by atoms with van der Waals surface area (Å²) < 4.78 is 0. The molecule has 0 fully saturated rings. The molecule has 0 radical (unpaired) electrons. The van der Waals surface area contributed by atoms with Crippen molar-refractivity contribution in [2.24, 2.45) is 0 Å². The second-order valence-corrected chi connectivity index (χ2v) is 5.54. The van der Waals surface area contributed by atoms with Crippen LogP contribution in [-0.2, 0) is 6.54 Å². The monoisotopic (exact) mass is 279 g/mol. The van der Waals surface area contributed by atoms with Gasteiger partial charge in [-0.05, 0) is 24.0 Å². The highest BCUT2D eigenvalue weighted by molar-refractivity contribution is 5.65. The lowest BCUT2D eigenvalue weighted by atomic mass is 9.94. The first-order chi connectivity index (χ1) is 10.4. The van der Waals surface area contributed by atoms with Gasteiger partial charge < -0.3 is 0 Å². The van der Waals surface area contributed by atoms with E-state index in [1.807, 2.05) is 12.4 Å². The van der Waals surface area contributed by atoms with Gasteiger partial charge in [0.15, 0.2) is 0 Å². The van der Waals surface area contributed by atoms with Crippen LogP contribution in [0.2, 0.25) is 0 Å². The van der Waals surface area contributed by atoms with Crippen molar-refractivity contribution in [1.82, 2.24) is 14.9 Å². The predicted molar refractivity (Wildman–Crippen MR) is 85.6 cm³/mol. The maximum Gasteiger partial charge on any atom is 0.115 e. The van der Waals surface area contributed by atoms with Crippen molar-refractivity contribution in [3.05, 3.63) is 66.3 Å². The Labute approximate surface area is 126 Å². The minimum Gasteiger partial charge on any atom is -0.292 e. The molecule has 3 nitrogen and oxygen atoms in total. The van der Waals surface area contributed by atoms with Gasteiger partial charge >= 0.3 is 0 Å². The Morgan fingerprint density at radius 3 is 2.62 bits per heavy atom. The molecule has 2 heterocycles. The van der Waals surface area contributed by atoms with Crippen LogP contribution in [0.5, 0.6) is 0 Å². The summed E-state index contributed by atoms with van der Waals surface area (Å²) in [4.78, 5) is 10.8. The topological polar surface area (TPSA) is 29.0 Å². The van der Waals surface area contributed by atoms with E-state index in [1.165, 1.54) is 11.1 Å². The molecule has 3 rings (SSSR count). The summed E-state index contributed by atoms with van der Waals surface area (Å²) in [6.45, 7) is 4.29. The van der Waals surface area contributed by atoms with Crippen molar-refractivity contribution < 1.29 is 0 Å². The second-order valence-electron chi connectivity index (χ2n) is 5.54. The first kappa shape index (κ1) is 14.0. The second kappa shape index (κ2) is 6.64. The molecule has 108 valence electrons. The number of nitrogens with zero attached hydrogens (tertiary/aromatic N) is 3. The molecule has 0 saturated heterocycles. The van der Waals surface area contributed by atoms with E-state index in [4.69, 9.17) is 0 Å². The van der Waals surface area contributed by atoms with Gasteiger partial charge in [-0.2, -0.15) is 0 Å². The summed E-state index contributed by atoms with van der Waals surface area (Å²) >= 11 is 0. The van der Waals surface area contributed by atoms with Gasteiger partial charge in [0.25, 0.3) is 0 Å². The third-order valence-electron chi connectivity index (χ3n) is 4.18. The Morgan fingerprint density at radius 1 is 1.14 bits per heavy atom. The molecule has 2 aromatic rings. The molecule has 21 heavy (non-hydrogen) atoms. The first-order valence-electron chi connectivity index (χ1n) is 7.59. The average molecular weight is 279 g/mol. The van der Waals surface area contributed by atoms with Crippen LogP contribution in [0.25, 0.3) is 5.57 Å². The molecule has 0 spiro atoms. The summed E-state index contributed by atoms with van der Waals surface area (Å²) in [6, 6.07) is 11.3. The smallest absolute Gasteiger partial charge is 0.115 e. The van der Waals surface area contributed by atoms with Crippen LogP contribution in [0.3, 0.4) is 0 Å². The third kappa shape index (κ3) is 3.37. The van der Waals surface area contributed by atoms with Gasteiger partial charge in [-0.3, -0.25) is 4.90 Å². The van der Waals surface area contributed by atoms with Crippen molar-refractivity contribution in [2.75, 3.05) is 6.54 Å². The van der Waals surface area contributed by atoms with E-state index in [1.54, 1.807) is 6.33 Å². The zero-order chi connectivity index (χ0) is 14.5. The van der Waals surface area contributed by atoms with E-state index in [0.717, 1.165) is 31.5 Å². The standard InChI is InChI=1S/C18H21N3/c1-2-18-10-16(17-11-19-14-20-12-17)8-9-21(18)13-15-6-4-3-5-7-15/h3-8,11-12,14,18H,2,9-10,13H2,1H3. The highest BCUT2D eigenvalue weighted by Gasteiger charge is 2.22. The molecular weight excluding hydrogens is 258 g/mol. The Bertz CT molecular complexity index is 592. The van der Waals surface area contributed by atoms with Crippen molar-refractivity contribution in [3.63, 3.8) is 0 Å². The zero-order valence-electron chi connectivity index (χ0n) is 12.4. The van der Waals surface area contributed by atoms with E-state index in [-0.39, 0.29) is 0 Å². The van der Waals surface area contributed by atoms with Crippen molar-refractivity contribution >= 4 is 5.57 Å². The van der Waals surface area contributed by atoms with Gasteiger partial charge in [0, 0.05) is 37.1 Å². The van der Waals surface area contributed by atoms with Crippen LogP contribution in [0.15, 0.2) is 55.1 Å². The molecule has 1 aliphatic rings. The number of aromatic nitrogens is 2. The van der Waals surface area contributed by atoms with E-state index in [9.17, 15) is 0 Å². The van der Waals surface area contributed by atoms with Crippen LogP contribution in [0, 0.1) is 0 Å². The molecule has 0 saturated carbocycles. The lowest BCUT2D eigenvalue weighted by Crippen LogP contribution is -2.37. The van der Waals surface area contributed by atoms with Gasteiger partial charge in [0.1, 0.15) is 6.33 Å². The van der Waals surface area contributed by atoms with Crippen LogP contribution in [0.1, 0.15) is 30.9 Å². The molecule has 0 N–H and O–H groups in total. The van der Waals surface area contributed by atoms with Crippen molar-refractivity contribution in [3.8, 4) is 0 Å². The molecule has 0 aliphatic carbocycles. The summed E-state index contributed by atoms with van der Waals surface area (Å²) in [6.07, 6.45) is 9.99. The number of hydrogen-bond donors (Lipinski definition) is 0. The summed E-state index contributed by atoms with van der Waals surface area (Å²) in [5.41, 5.74) is 3.93. The highest BCUT2D eigenvalue weighted by atomic mass is 15.2. The lowest BCUT2D eigenvalue weighted by molar-refractivity contribution is 0.198. The maximum atomic E-state index is 4.13. The Balaban J connectivity index is 1.75. The van der Waals surface area contributed by atoms with Crippen molar-refractivity contribution in [2.45, 2.75) is 32.4 Å². The summed E-state index contributed by atoms with van der Waals surface area (Å²) in [7, 11) is 0. The fraction of sp³-hybridized carbons (Fsp3) is 0.333.